The van der Waals surface area contributed by atoms with E-state index in [9.17, 15) is 0 Å². The Morgan fingerprint density at radius 3 is 2.44 bits per heavy atom. The van der Waals surface area contributed by atoms with E-state index >= 15 is 0 Å². The molecule has 1 aliphatic rings. The average Bonchev–Trinajstić information content (AvgIpc) is 3.19. The van der Waals surface area contributed by atoms with E-state index in [0.29, 0.717) is 0 Å². The summed E-state index contributed by atoms with van der Waals surface area (Å²) >= 11 is 0. The van der Waals surface area contributed by atoms with E-state index in [1.165, 1.54) is 5.56 Å². The summed E-state index contributed by atoms with van der Waals surface area (Å²) in [7, 11) is 0. The third-order valence-corrected chi connectivity index (χ3v) is 5.68. The fourth-order valence-corrected chi connectivity index (χ4v) is 4.27. The minimum Gasteiger partial charge on any atom is -0.252 e. The third kappa shape index (κ3) is 3.49. The van der Waals surface area contributed by atoms with Crippen molar-refractivity contribution in [2.24, 2.45) is 0 Å². The van der Waals surface area contributed by atoms with Crippen LogP contribution in [-0.4, -0.2) is 9.97 Å². The first-order valence-electron chi connectivity index (χ1n) is 10.3. The van der Waals surface area contributed by atoms with E-state index in [-0.39, 0.29) is 27.0 Å². The Hall–Kier alpha value is -3.42. The van der Waals surface area contributed by atoms with E-state index in [1.54, 1.807) is 6.20 Å². The van der Waals surface area contributed by atoms with Gasteiger partial charge >= 0.3 is 26.9 Å². The number of para-hydroxylation sites is 1. The van der Waals surface area contributed by atoms with E-state index in [4.69, 9.17) is 4.98 Å². The molecule has 5 aromatic rings. The zero-order valence-electron chi connectivity index (χ0n) is 17.1. The van der Waals surface area contributed by atoms with Crippen LogP contribution in [-0.2, 0) is 21.1 Å². The SMILES string of the molecule is [Pt+2].[c-]1ccccc1-c1[c-]c(C2c3ccccc3-[n+]3ccc(-c4ccccn4)nc32)ccc1. The predicted octanol–water partition coefficient (Wildman–Crippen LogP) is 5.18. The molecule has 4 heteroatoms. The molecule has 0 N–H and O–H groups in total. The van der Waals surface area contributed by atoms with Gasteiger partial charge < -0.3 is 0 Å². The van der Waals surface area contributed by atoms with Crippen molar-refractivity contribution in [3.05, 3.63) is 132 Å². The van der Waals surface area contributed by atoms with Gasteiger partial charge in [0, 0.05) is 17.8 Å². The smallest absolute Gasteiger partial charge is 0.252 e. The zero-order valence-corrected chi connectivity index (χ0v) is 19.3. The van der Waals surface area contributed by atoms with Crippen molar-refractivity contribution in [3.8, 4) is 28.2 Å². The van der Waals surface area contributed by atoms with Gasteiger partial charge in [0.05, 0.1) is 0 Å². The van der Waals surface area contributed by atoms with Crippen LogP contribution in [0.4, 0.5) is 0 Å². The zero-order chi connectivity index (χ0) is 20.6. The van der Waals surface area contributed by atoms with Crippen LogP contribution in [0.15, 0.2) is 103 Å². The molecule has 1 atom stereocenters. The molecule has 3 heterocycles. The molecule has 0 saturated heterocycles. The van der Waals surface area contributed by atoms with Gasteiger partial charge in [-0.25, -0.2) is 11.1 Å². The van der Waals surface area contributed by atoms with Crippen molar-refractivity contribution in [1.29, 1.82) is 0 Å². The minimum atomic E-state index is 0. The topological polar surface area (TPSA) is 29.7 Å². The van der Waals surface area contributed by atoms with Gasteiger partial charge in [0.1, 0.15) is 23.5 Å². The fourth-order valence-electron chi connectivity index (χ4n) is 4.27. The molecule has 0 fully saturated rings. The molecule has 0 aliphatic carbocycles. The Morgan fingerprint density at radius 1 is 0.750 bits per heavy atom. The summed E-state index contributed by atoms with van der Waals surface area (Å²) in [5.41, 5.74) is 7.31. The summed E-state index contributed by atoms with van der Waals surface area (Å²) in [4.78, 5) is 9.56. The number of benzene rings is 3. The molecule has 154 valence electrons. The quantitative estimate of drug-likeness (QED) is 0.210. The first-order valence-corrected chi connectivity index (χ1v) is 10.3. The molecule has 0 spiro atoms. The maximum atomic E-state index is 5.07. The van der Waals surface area contributed by atoms with Crippen LogP contribution in [0.2, 0.25) is 0 Å². The number of hydrogen-bond donors (Lipinski definition) is 0. The summed E-state index contributed by atoms with van der Waals surface area (Å²) in [5.74, 6) is 0.985. The van der Waals surface area contributed by atoms with E-state index in [1.807, 2.05) is 42.5 Å². The number of rotatable bonds is 3. The van der Waals surface area contributed by atoms with Gasteiger partial charge in [-0.3, -0.25) is 4.98 Å². The van der Waals surface area contributed by atoms with Crippen molar-refractivity contribution in [3.63, 3.8) is 0 Å². The van der Waals surface area contributed by atoms with Crippen molar-refractivity contribution in [2.45, 2.75) is 5.92 Å². The first-order chi connectivity index (χ1) is 15.4. The maximum absolute atomic E-state index is 5.07. The maximum Gasteiger partial charge on any atom is 2.00 e. The molecular formula is C28H18N3Pt+. The Morgan fingerprint density at radius 2 is 1.59 bits per heavy atom. The number of aromatic nitrogens is 3. The number of pyridine rings is 1. The molecule has 0 amide bonds. The molecule has 0 radical (unpaired) electrons. The van der Waals surface area contributed by atoms with Gasteiger partial charge in [0.25, 0.3) is 0 Å². The average molecular weight is 592 g/mol. The molecule has 0 bridgehead atoms. The molecular weight excluding hydrogens is 573 g/mol. The molecule has 3 aromatic carbocycles. The van der Waals surface area contributed by atoms with Crippen molar-refractivity contribution in [1.82, 2.24) is 9.97 Å². The second-order valence-corrected chi connectivity index (χ2v) is 7.54. The van der Waals surface area contributed by atoms with E-state index in [0.717, 1.165) is 39.6 Å². The van der Waals surface area contributed by atoms with Crippen LogP contribution < -0.4 is 4.57 Å². The molecule has 2 aromatic heterocycles. The summed E-state index contributed by atoms with van der Waals surface area (Å²) in [6, 6.07) is 37.7. The number of fused-ring (bicyclic) bond motifs is 3. The summed E-state index contributed by atoms with van der Waals surface area (Å²) in [5, 5.41) is 0. The van der Waals surface area contributed by atoms with Crippen LogP contribution in [0.25, 0.3) is 28.2 Å². The normalized spacial score (nSPS) is 13.7. The van der Waals surface area contributed by atoms with Crippen molar-refractivity contribution < 1.29 is 25.6 Å². The fraction of sp³-hybridized carbons (Fsp3) is 0.0357. The van der Waals surface area contributed by atoms with Crippen LogP contribution in [0.5, 0.6) is 0 Å². The van der Waals surface area contributed by atoms with Gasteiger partial charge in [-0.2, -0.15) is 47.0 Å². The van der Waals surface area contributed by atoms with E-state index in [2.05, 4.69) is 76.4 Å². The predicted molar refractivity (Wildman–Crippen MR) is 119 cm³/mol. The van der Waals surface area contributed by atoms with Gasteiger partial charge in [-0.15, -0.1) is 17.7 Å². The molecule has 3 nitrogen and oxygen atoms in total. The standard InChI is InChI=1S/C28H18N3.Pt/c1-2-9-20(10-3-1)21-11-8-12-22(19-21)27-23-13-4-5-15-26(23)31-18-16-25(30-28(27)31)24-14-6-7-17-29-24;/h1-9,11-18,27H;/q-1;+2. The Kier molecular flexibility index (Phi) is 5.51. The third-order valence-electron chi connectivity index (χ3n) is 5.68. The van der Waals surface area contributed by atoms with Crippen LogP contribution in [0.1, 0.15) is 22.9 Å². The Labute approximate surface area is 201 Å². The van der Waals surface area contributed by atoms with Gasteiger partial charge in [-0.1, -0.05) is 24.3 Å². The van der Waals surface area contributed by atoms with Crippen LogP contribution in [0, 0.1) is 12.1 Å². The van der Waals surface area contributed by atoms with Crippen LogP contribution >= 0.6 is 0 Å². The van der Waals surface area contributed by atoms with Crippen LogP contribution in [0.3, 0.4) is 0 Å². The summed E-state index contributed by atoms with van der Waals surface area (Å²) in [6.07, 6.45) is 3.90. The van der Waals surface area contributed by atoms with Gasteiger partial charge in [0.2, 0.25) is 5.69 Å². The summed E-state index contributed by atoms with van der Waals surface area (Å²) in [6.45, 7) is 0. The molecule has 32 heavy (non-hydrogen) atoms. The number of nitrogens with zero attached hydrogens (tertiary/aromatic N) is 3. The van der Waals surface area contributed by atoms with Gasteiger partial charge in [-0.05, 0) is 23.2 Å². The largest absolute Gasteiger partial charge is 2.00 e. The second-order valence-electron chi connectivity index (χ2n) is 7.54. The Bertz CT molecular complexity index is 1380. The molecule has 1 aliphatic heterocycles. The molecule has 6 rings (SSSR count). The second kappa shape index (κ2) is 8.61. The van der Waals surface area contributed by atoms with Crippen molar-refractivity contribution in [2.75, 3.05) is 0 Å². The van der Waals surface area contributed by atoms with E-state index < -0.39 is 0 Å². The minimum absolute atomic E-state index is 0. The number of hydrogen-bond acceptors (Lipinski definition) is 2. The van der Waals surface area contributed by atoms with Gasteiger partial charge in [0.15, 0.2) is 0 Å². The van der Waals surface area contributed by atoms with Crippen molar-refractivity contribution >= 4 is 0 Å². The molecule has 0 saturated carbocycles. The first kappa shape index (κ1) is 20.5. The Balaban J connectivity index is 0.00000216. The summed E-state index contributed by atoms with van der Waals surface area (Å²) < 4.78 is 2.18. The monoisotopic (exact) mass is 591 g/mol. The molecule has 1 unspecified atom stereocenters.